The third-order valence-corrected chi connectivity index (χ3v) is 6.71. The minimum Gasteiger partial charge on any atom is -0.484 e. The minimum absolute atomic E-state index is 0.00917. The van der Waals surface area contributed by atoms with Crippen LogP contribution in [0.3, 0.4) is 0 Å². The van der Waals surface area contributed by atoms with Crippen LogP contribution in [0.15, 0.2) is 78.9 Å². The monoisotopic (exact) mass is 456 g/mol. The molecule has 2 aliphatic rings. The lowest BCUT2D eigenvalue weighted by Gasteiger charge is -2.38. The van der Waals surface area contributed by atoms with E-state index in [0.717, 1.165) is 44.7 Å². The van der Waals surface area contributed by atoms with Gasteiger partial charge in [0.05, 0.1) is 12.1 Å². The molecule has 0 unspecified atom stereocenters. The van der Waals surface area contributed by atoms with Gasteiger partial charge in [0.1, 0.15) is 5.75 Å². The minimum atomic E-state index is -0.112. The maximum absolute atomic E-state index is 12.3. The molecule has 2 atom stereocenters. The Morgan fingerprint density at radius 3 is 2.59 bits per heavy atom. The number of benzene rings is 3. The molecule has 1 saturated heterocycles. The van der Waals surface area contributed by atoms with Crippen LogP contribution in [0.4, 0.5) is 0 Å². The Bertz CT molecular complexity index is 1080. The van der Waals surface area contributed by atoms with Gasteiger partial charge in [-0.05, 0) is 53.6 Å². The fraction of sp³-hybridized carbons (Fsp3) is 0.345. The van der Waals surface area contributed by atoms with Crippen molar-refractivity contribution in [1.82, 2.24) is 10.2 Å². The van der Waals surface area contributed by atoms with E-state index in [1.807, 2.05) is 6.07 Å². The Kier molecular flexibility index (Phi) is 7.22. The predicted molar refractivity (Wildman–Crippen MR) is 133 cm³/mol. The molecule has 2 heterocycles. The average molecular weight is 457 g/mol. The highest BCUT2D eigenvalue weighted by molar-refractivity contribution is 5.77. The van der Waals surface area contributed by atoms with Gasteiger partial charge < -0.3 is 14.8 Å². The van der Waals surface area contributed by atoms with Crippen molar-refractivity contribution in [1.29, 1.82) is 0 Å². The maximum atomic E-state index is 12.3. The van der Waals surface area contributed by atoms with Crippen molar-refractivity contribution in [2.45, 2.75) is 38.0 Å². The van der Waals surface area contributed by atoms with Crippen LogP contribution in [0.5, 0.6) is 5.75 Å². The van der Waals surface area contributed by atoms with Gasteiger partial charge in [-0.15, -0.1) is 0 Å². The largest absolute Gasteiger partial charge is 0.484 e. The van der Waals surface area contributed by atoms with Gasteiger partial charge in [-0.25, -0.2) is 0 Å². The zero-order chi connectivity index (χ0) is 23.2. The van der Waals surface area contributed by atoms with Crippen LogP contribution in [-0.2, 0) is 22.5 Å². The molecule has 0 aliphatic carbocycles. The van der Waals surface area contributed by atoms with Crippen molar-refractivity contribution in [2.24, 2.45) is 0 Å². The van der Waals surface area contributed by atoms with E-state index in [2.05, 4.69) is 83.0 Å². The Morgan fingerprint density at radius 2 is 1.82 bits per heavy atom. The van der Waals surface area contributed by atoms with Crippen LogP contribution < -0.4 is 10.1 Å². The van der Waals surface area contributed by atoms with Crippen molar-refractivity contribution < 1.29 is 14.3 Å². The number of rotatable bonds is 8. The number of ether oxygens (including phenoxy) is 2. The summed E-state index contributed by atoms with van der Waals surface area (Å²) in [5, 5.41) is 2.93. The molecule has 0 aromatic heterocycles. The summed E-state index contributed by atoms with van der Waals surface area (Å²) in [5.41, 5.74) is 5.17. The van der Waals surface area contributed by atoms with Crippen LogP contribution in [0.25, 0.3) is 0 Å². The van der Waals surface area contributed by atoms with E-state index < -0.39 is 0 Å². The Balaban J connectivity index is 1.32. The first kappa shape index (κ1) is 22.6. The van der Waals surface area contributed by atoms with Gasteiger partial charge in [0.25, 0.3) is 5.91 Å². The Labute approximate surface area is 201 Å². The molecule has 34 heavy (non-hydrogen) atoms. The molecule has 0 saturated carbocycles. The second kappa shape index (κ2) is 10.9. The van der Waals surface area contributed by atoms with E-state index in [1.54, 1.807) is 0 Å². The molecule has 0 radical (unpaired) electrons. The van der Waals surface area contributed by atoms with Crippen molar-refractivity contribution in [3.63, 3.8) is 0 Å². The summed E-state index contributed by atoms with van der Waals surface area (Å²) in [5.74, 6) is 0.618. The van der Waals surface area contributed by atoms with E-state index >= 15 is 0 Å². The molecule has 5 rings (SSSR count). The lowest BCUT2D eigenvalue weighted by Crippen LogP contribution is -2.36. The fourth-order valence-corrected chi connectivity index (χ4v) is 4.98. The number of fused-ring (bicyclic) bond motifs is 1. The highest BCUT2D eigenvalue weighted by Crippen LogP contribution is 2.37. The highest BCUT2D eigenvalue weighted by atomic mass is 16.5. The summed E-state index contributed by atoms with van der Waals surface area (Å²) in [6, 6.07) is 27.7. The van der Waals surface area contributed by atoms with Crippen LogP contribution in [0, 0.1) is 0 Å². The normalized spacial score (nSPS) is 20.0. The maximum Gasteiger partial charge on any atom is 0.258 e. The van der Waals surface area contributed by atoms with E-state index in [-0.39, 0.29) is 24.7 Å². The van der Waals surface area contributed by atoms with Crippen LogP contribution in [0.1, 0.15) is 41.1 Å². The molecule has 3 aromatic carbocycles. The van der Waals surface area contributed by atoms with Crippen LogP contribution in [0.2, 0.25) is 0 Å². The van der Waals surface area contributed by atoms with Gasteiger partial charge >= 0.3 is 0 Å². The number of hydrogen-bond donors (Lipinski definition) is 1. The lowest BCUT2D eigenvalue weighted by atomic mass is 9.87. The Hall–Kier alpha value is -3.15. The Morgan fingerprint density at radius 1 is 1.03 bits per heavy atom. The van der Waals surface area contributed by atoms with E-state index in [4.69, 9.17) is 9.47 Å². The summed E-state index contributed by atoms with van der Waals surface area (Å²) in [6.45, 7) is 3.23. The molecule has 0 spiro atoms. The van der Waals surface area contributed by atoms with E-state index in [0.29, 0.717) is 6.54 Å². The van der Waals surface area contributed by atoms with Gasteiger partial charge in [-0.1, -0.05) is 66.7 Å². The second-order valence-electron chi connectivity index (χ2n) is 9.11. The van der Waals surface area contributed by atoms with Gasteiger partial charge in [-0.3, -0.25) is 9.69 Å². The molecule has 1 amide bonds. The zero-order valence-corrected chi connectivity index (χ0v) is 19.5. The first-order valence-electron chi connectivity index (χ1n) is 12.2. The molecular formula is C29H32N2O3. The molecule has 1 N–H and O–H groups in total. The number of carbonyl (C=O) groups is 1. The van der Waals surface area contributed by atoms with Gasteiger partial charge in [0.2, 0.25) is 0 Å². The SMILES string of the molecule is O=C(COc1ccc2c(c1)[C@@H](c1ccccc1)N(Cc1ccccc1)CC2)NC[C@@H]1CCCO1. The number of carbonyl (C=O) groups excluding carboxylic acids is 1. The quantitative estimate of drug-likeness (QED) is 0.542. The fourth-order valence-electron chi connectivity index (χ4n) is 4.98. The van der Waals surface area contributed by atoms with E-state index in [9.17, 15) is 4.79 Å². The first-order chi connectivity index (χ1) is 16.8. The molecule has 5 nitrogen and oxygen atoms in total. The summed E-state index contributed by atoms with van der Waals surface area (Å²) >= 11 is 0. The molecule has 176 valence electrons. The van der Waals surface area contributed by atoms with Crippen molar-refractivity contribution in [2.75, 3.05) is 26.3 Å². The molecular weight excluding hydrogens is 424 g/mol. The smallest absolute Gasteiger partial charge is 0.258 e. The summed E-state index contributed by atoms with van der Waals surface area (Å²) < 4.78 is 11.5. The lowest BCUT2D eigenvalue weighted by molar-refractivity contribution is -0.123. The summed E-state index contributed by atoms with van der Waals surface area (Å²) in [4.78, 5) is 14.8. The third kappa shape index (κ3) is 5.49. The van der Waals surface area contributed by atoms with Crippen LogP contribution in [-0.4, -0.2) is 43.2 Å². The van der Waals surface area contributed by atoms with Gasteiger partial charge in [0, 0.05) is 26.2 Å². The molecule has 1 fully saturated rings. The predicted octanol–water partition coefficient (Wildman–Crippen LogP) is 4.51. The summed E-state index contributed by atoms with van der Waals surface area (Å²) in [6.07, 6.45) is 3.20. The average Bonchev–Trinajstić information content (AvgIpc) is 3.41. The number of hydrogen-bond acceptors (Lipinski definition) is 4. The molecule has 3 aromatic rings. The van der Waals surface area contributed by atoms with Crippen molar-refractivity contribution in [3.05, 3.63) is 101 Å². The summed E-state index contributed by atoms with van der Waals surface area (Å²) in [7, 11) is 0. The topological polar surface area (TPSA) is 50.8 Å². The number of nitrogens with one attached hydrogen (secondary N) is 1. The van der Waals surface area contributed by atoms with Gasteiger partial charge in [0.15, 0.2) is 6.61 Å². The van der Waals surface area contributed by atoms with Crippen molar-refractivity contribution >= 4 is 5.91 Å². The molecule has 0 bridgehead atoms. The molecule has 5 heteroatoms. The number of amides is 1. The zero-order valence-electron chi connectivity index (χ0n) is 19.5. The second-order valence-corrected chi connectivity index (χ2v) is 9.11. The van der Waals surface area contributed by atoms with Gasteiger partial charge in [-0.2, -0.15) is 0 Å². The third-order valence-electron chi connectivity index (χ3n) is 6.71. The standard InChI is InChI=1S/C29H32N2O3/c32-28(30-19-26-12-7-17-33-26)21-34-25-14-13-23-15-16-31(20-22-8-3-1-4-9-22)29(27(23)18-25)24-10-5-2-6-11-24/h1-6,8-11,13-14,18,26,29H,7,12,15-17,19-21H2,(H,30,32)/t26-,29+/m0/s1. The highest BCUT2D eigenvalue weighted by Gasteiger charge is 2.29. The van der Waals surface area contributed by atoms with E-state index in [1.165, 1.54) is 22.3 Å². The molecule has 2 aliphatic heterocycles. The first-order valence-corrected chi connectivity index (χ1v) is 12.2. The van der Waals surface area contributed by atoms with Crippen LogP contribution >= 0.6 is 0 Å². The van der Waals surface area contributed by atoms with Crippen molar-refractivity contribution in [3.8, 4) is 5.75 Å². The number of nitrogens with zero attached hydrogens (tertiary/aromatic N) is 1.